The van der Waals surface area contributed by atoms with Gasteiger partial charge in [-0.1, -0.05) is 0 Å². The molecule has 0 radical (unpaired) electrons. The van der Waals surface area contributed by atoms with Crippen molar-refractivity contribution in [3.63, 3.8) is 0 Å². The largest absolute Gasteiger partial charge is 0.277 e. The van der Waals surface area contributed by atoms with Gasteiger partial charge in [0.25, 0.3) is 5.91 Å². The summed E-state index contributed by atoms with van der Waals surface area (Å²) >= 11 is 0. The Balaban J connectivity index is 2.25. The maximum absolute atomic E-state index is 12.0. The molecule has 1 aromatic rings. The summed E-state index contributed by atoms with van der Waals surface area (Å²) in [5, 5.41) is 1.20. The quantitative estimate of drug-likeness (QED) is 0.752. The maximum Gasteiger partial charge on any atom is 0.275 e. The van der Waals surface area contributed by atoms with Crippen molar-refractivity contribution in [3.05, 3.63) is 41.7 Å². The number of hydrogen-bond donors (Lipinski definition) is 0. The highest BCUT2D eigenvalue weighted by Gasteiger charge is 2.25. The van der Waals surface area contributed by atoms with E-state index in [0.717, 1.165) is 11.3 Å². The van der Waals surface area contributed by atoms with Crippen molar-refractivity contribution in [3.8, 4) is 0 Å². The molecule has 1 aromatic heterocycles. The third-order valence-corrected chi connectivity index (χ3v) is 2.84. The summed E-state index contributed by atoms with van der Waals surface area (Å²) in [6.07, 6.45) is 5.23. The van der Waals surface area contributed by atoms with E-state index in [1.807, 2.05) is 19.1 Å². The van der Waals surface area contributed by atoms with E-state index in [4.69, 9.17) is 4.84 Å². The summed E-state index contributed by atoms with van der Waals surface area (Å²) in [6, 6.07) is 3.60. The smallest absolute Gasteiger partial charge is 0.275 e. The molecule has 2 heterocycles. The number of aromatic nitrogens is 1. The highest BCUT2D eigenvalue weighted by Crippen LogP contribution is 2.19. The van der Waals surface area contributed by atoms with Crippen LogP contribution in [0.5, 0.6) is 0 Å². The fraction of sp³-hybridized carbons (Fsp3) is 0.308. The van der Waals surface area contributed by atoms with E-state index in [1.165, 1.54) is 12.2 Å². The van der Waals surface area contributed by atoms with Gasteiger partial charge >= 0.3 is 0 Å². The van der Waals surface area contributed by atoms with Crippen LogP contribution in [0.25, 0.3) is 0 Å². The standard InChI is InChI=1S/C13H15N3O2/c1-9-11(13(17)16(2)18-3)7-12(15-9)10-5-4-6-14-8-10/h4-9H,1-3H3. The molecule has 5 nitrogen and oxygen atoms in total. The minimum atomic E-state index is -0.173. The Hall–Kier alpha value is -2.01. The number of hydroxylamine groups is 2. The van der Waals surface area contributed by atoms with Crippen molar-refractivity contribution in [1.82, 2.24) is 10.0 Å². The van der Waals surface area contributed by atoms with Crippen LogP contribution < -0.4 is 0 Å². The second-order valence-corrected chi connectivity index (χ2v) is 4.02. The molecule has 18 heavy (non-hydrogen) atoms. The average molecular weight is 245 g/mol. The highest BCUT2D eigenvalue weighted by atomic mass is 16.7. The minimum absolute atomic E-state index is 0.162. The number of likely N-dealkylation sites (N-methyl/N-ethyl adjacent to an activating group) is 1. The maximum atomic E-state index is 12.0. The lowest BCUT2D eigenvalue weighted by molar-refractivity contribution is -0.164. The molecule has 0 saturated carbocycles. The first kappa shape index (κ1) is 12.4. The molecular weight excluding hydrogens is 230 g/mol. The topological polar surface area (TPSA) is 54.8 Å². The number of pyridine rings is 1. The number of carbonyl (C=O) groups is 1. The fourth-order valence-corrected chi connectivity index (χ4v) is 1.76. The van der Waals surface area contributed by atoms with Crippen molar-refractivity contribution in [2.24, 2.45) is 4.99 Å². The van der Waals surface area contributed by atoms with Gasteiger partial charge in [-0.05, 0) is 25.1 Å². The number of amides is 1. The van der Waals surface area contributed by atoms with Crippen molar-refractivity contribution in [2.75, 3.05) is 14.2 Å². The number of carbonyl (C=O) groups excluding carboxylic acids is 1. The molecule has 0 aromatic carbocycles. The van der Waals surface area contributed by atoms with Crippen molar-refractivity contribution < 1.29 is 9.63 Å². The summed E-state index contributed by atoms with van der Waals surface area (Å²) in [7, 11) is 3.04. The van der Waals surface area contributed by atoms with Gasteiger partial charge in [0, 0.05) is 30.6 Å². The zero-order chi connectivity index (χ0) is 13.1. The summed E-state index contributed by atoms with van der Waals surface area (Å²) in [6.45, 7) is 1.89. The number of nitrogens with zero attached hydrogens (tertiary/aromatic N) is 3. The second-order valence-electron chi connectivity index (χ2n) is 4.02. The van der Waals surface area contributed by atoms with E-state index in [-0.39, 0.29) is 11.9 Å². The molecule has 1 unspecified atom stereocenters. The fourth-order valence-electron chi connectivity index (χ4n) is 1.76. The lowest BCUT2D eigenvalue weighted by Gasteiger charge is -2.15. The van der Waals surface area contributed by atoms with Crippen LogP contribution in [0.2, 0.25) is 0 Å². The van der Waals surface area contributed by atoms with Crippen LogP contribution in [0, 0.1) is 0 Å². The molecule has 1 aliphatic rings. The molecule has 2 rings (SSSR count). The summed E-state index contributed by atoms with van der Waals surface area (Å²) < 4.78 is 0. The predicted molar refractivity (Wildman–Crippen MR) is 68.1 cm³/mol. The van der Waals surface area contributed by atoms with Crippen LogP contribution in [0.1, 0.15) is 12.5 Å². The van der Waals surface area contributed by atoms with E-state index < -0.39 is 0 Å². The molecule has 0 aliphatic carbocycles. The van der Waals surface area contributed by atoms with Crippen molar-refractivity contribution in [1.29, 1.82) is 0 Å². The molecule has 1 atom stereocenters. The Labute approximate surface area is 106 Å². The number of aliphatic imine (C=N–C) groups is 1. The van der Waals surface area contributed by atoms with E-state index in [0.29, 0.717) is 5.57 Å². The molecule has 1 amide bonds. The molecule has 0 spiro atoms. The van der Waals surface area contributed by atoms with Crippen LogP contribution in [-0.4, -0.2) is 41.9 Å². The number of hydrogen-bond acceptors (Lipinski definition) is 4. The summed E-state index contributed by atoms with van der Waals surface area (Å²) in [5.74, 6) is -0.173. The zero-order valence-corrected chi connectivity index (χ0v) is 10.6. The van der Waals surface area contributed by atoms with E-state index in [1.54, 1.807) is 25.5 Å². The lowest BCUT2D eigenvalue weighted by atomic mass is 10.1. The van der Waals surface area contributed by atoms with Gasteiger partial charge in [0.05, 0.1) is 18.9 Å². The first-order valence-corrected chi connectivity index (χ1v) is 5.65. The summed E-state index contributed by atoms with van der Waals surface area (Å²) in [5.41, 5.74) is 2.31. The van der Waals surface area contributed by atoms with Crippen LogP contribution >= 0.6 is 0 Å². The Morgan fingerprint density at radius 3 is 2.89 bits per heavy atom. The van der Waals surface area contributed by atoms with Gasteiger partial charge in [-0.3, -0.25) is 19.6 Å². The number of rotatable bonds is 3. The molecular formula is C13H15N3O2. The van der Waals surface area contributed by atoms with E-state index >= 15 is 0 Å². The highest BCUT2D eigenvalue weighted by molar-refractivity contribution is 6.15. The molecule has 94 valence electrons. The van der Waals surface area contributed by atoms with Crippen LogP contribution in [-0.2, 0) is 9.63 Å². The molecule has 1 aliphatic heterocycles. The molecule has 5 heteroatoms. The average Bonchev–Trinajstić information content (AvgIpc) is 2.80. The van der Waals surface area contributed by atoms with Crippen LogP contribution in [0.15, 0.2) is 41.2 Å². The van der Waals surface area contributed by atoms with Gasteiger partial charge in [-0.15, -0.1) is 0 Å². The molecule has 0 bridgehead atoms. The summed E-state index contributed by atoms with van der Waals surface area (Å²) in [4.78, 5) is 25.4. The Bertz CT molecular complexity index is 508. The molecule has 0 fully saturated rings. The number of allylic oxidation sites excluding steroid dienone is 1. The normalized spacial score (nSPS) is 18.3. The SMILES string of the molecule is CON(C)C(=O)C1=CC(c2cccnc2)=NC1C. The molecule has 0 saturated heterocycles. The predicted octanol–water partition coefficient (Wildman–Crippen LogP) is 1.22. The Kier molecular flexibility index (Phi) is 3.53. The third kappa shape index (κ3) is 2.31. The second kappa shape index (κ2) is 5.10. The lowest BCUT2D eigenvalue weighted by Crippen LogP contribution is -2.29. The van der Waals surface area contributed by atoms with Gasteiger partial charge in [-0.2, -0.15) is 0 Å². The zero-order valence-electron chi connectivity index (χ0n) is 10.6. The van der Waals surface area contributed by atoms with Gasteiger partial charge in [0.1, 0.15) is 0 Å². The van der Waals surface area contributed by atoms with E-state index in [2.05, 4.69) is 9.98 Å². The third-order valence-electron chi connectivity index (χ3n) is 2.84. The Morgan fingerprint density at radius 1 is 1.50 bits per heavy atom. The first-order chi connectivity index (χ1) is 8.63. The van der Waals surface area contributed by atoms with Gasteiger partial charge in [0.15, 0.2) is 0 Å². The van der Waals surface area contributed by atoms with Crippen LogP contribution in [0.4, 0.5) is 0 Å². The van der Waals surface area contributed by atoms with Gasteiger partial charge in [0.2, 0.25) is 0 Å². The van der Waals surface area contributed by atoms with E-state index in [9.17, 15) is 4.79 Å². The van der Waals surface area contributed by atoms with Crippen molar-refractivity contribution >= 4 is 11.6 Å². The van der Waals surface area contributed by atoms with Gasteiger partial charge < -0.3 is 0 Å². The van der Waals surface area contributed by atoms with Crippen LogP contribution in [0.3, 0.4) is 0 Å². The molecule has 0 N–H and O–H groups in total. The minimum Gasteiger partial charge on any atom is -0.277 e. The van der Waals surface area contributed by atoms with Gasteiger partial charge in [-0.25, -0.2) is 5.06 Å². The van der Waals surface area contributed by atoms with Crippen molar-refractivity contribution in [2.45, 2.75) is 13.0 Å². The first-order valence-electron chi connectivity index (χ1n) is 5.65. The monoisotopic (exact) mass is 245 g/mol. The Morgan fingerprint density at radius 2 is 2.28 bits per heavy atom.